The van der Waals surface area contributed by atoms with E-state index in [4.69, 9.17) is 11.6 Å². The van der Waals surface area contributed by atoms with Gasteiger partial charge in [-0.3, -0.25) is 14.4 Å². The standard InChI is InChI=1S/C23H26ClN3O3/c24-19-5-3-4-16(12-19)7-10-22(30)27-13-17-8-9-18(14-27)23(17)25-20(28)15-26-11-2-1-6-21(26)29/h1-6,11-12,17-18,23H,7-10,13-15H2,(H,25,28)/t17-,18+,23?. The number of fused-ring (bicyclic) bond motifs is 2. The molecule has 2 aromatic rings. The topological polar surface area (TPSA) is 71.4 Å². The molecule has 30 heavy (non-hydrogen) atoms. The van der Waals surface area contributed by atoms with Gasteiger partial charge in [0.25, 0.3) is 5.56 Å². The molecule has 6 nitrogen and oxygen atoms in total. The van der Waals surface area contributed by atoms with Crippen molar-refractivity contribution in [2.75, 3.05) is 13.1 Å². The van der Waals surface area contributed by atoms with Gasteiger partial charge < -0.3 is 14.8 Å². The first-order chi connectivity index (χ1) is 14.5. The molecule has 1 saturated heterocycles. The van der Waals surface area contributed by atoms with E-state index in [2.05, 4.69) is 5.32 Å². The molecule has 3 atom stereocenters. The number of amides is 2. The van der Waals surface area contributed by atoms with Gasteiger partial charge in [0.2, 0.25) is 11.8 Å². The molecule has 1 aromatic heterocycles. The Balaban J connectivity index is 1.30. The van der Waals surface area contributed by atoms with Crippen LogP contribution in [0.4, 0.5) is 0 Å². The Labute approximate surface area is 180 Å². The second-order valence-electron chi connectivity index (χ2n) is 8.29. The Morgan fingerprint density at radius 3 is 2.53 bits per heavy atom. The fourth-order valence-electron chi connectivity index (χ4n) is 4.74. The fraction of sp³-hybridized carbons (Fsp3) is 0.435. The Bertz CT molecular complexity index is 975. The summed E-state index contributed by atoms with van der Waals surface area (Å²) in [6, 6.07) is 12.6. The van der Waals surface area contributed by atoms with Crippen LogP contribution in [0.15, 0.2) is 53.5 Å². The van der Waals surface area contributed by atoms with Gasteiger partial charge in [0.1, 0.15) is 6.54 Å². The maximum Gasteiger partial charge on any atom is 0.250 e. The molecule has 0 radical (unpaired) electrons. The molecule has 1 aliphatic heterocycles. The molecule has 2 amide bonds. The summed E-state index contributed by atoms with van der Waals surface area (Å²) in [5.74, 6) is 0.559. The van der Waals surface area contributed by atoms with E-state index in [9.17, 15) is 14.4 Å². The third-order valence-electron chi connectivity index (χ3n) is 6.24. The second-order valence-corrected chi connectivity index (χ2v) is 8.72. The lowest BCUT2D eigenvalue weighted by Crippen LogP contribution is -2.54. The van der Waals surface area contributed by atoms with Gasteiger partial charge in [0, 0.05) is 42.8 Å². The molecule has 0 spiro atoms. The minimum absolute atomic E-state index is 0.0257. The average molecular weight is 428 g/mol. The van der Waals surface area contributed by atoms with E-state index < -0.39 is 0 Å². The summed E-state index contributed by atoms with van der Waals surface area (Å²) in [6.07, 6.45) is 4.79. The number of halogens is 1. The van der Waals surface area contributed by atoms with E-state index in [-0.39, 0.29) is 41.8 Å². The summed E-state index contributed by atoms with van der Waals surface area (Å²) in [4.78, 5) is 39.0. The van der Waals surface area contributed by atoms with Gasteiger partial charge in [-0.1, -0.05) is 29.8 Å². The summed E-state index contributed by atoms with van der Waals surface area (Å²) in [6.45, 7) is 1.39. The molecule has 1 aliphatic carbocycles. The first-order valence-corrected chi connectivity index (χ1v) is 10.8. The molecule has 2 heterocycles. The number of hydrogen-bond donors (Lipinski definition) is 1. The SMILES string of the molecule is O=C(Cn1ccccc1=O)NC1[C@@H]2CC[C@H]1CN(C(=O)CCc1cccc(Cl)c1)C2. The molecule has 2 aliphatic rings. The maximum absolute atomic E-state index is 12.8. The smallest absolute Gasteiger partial charge is 0.250 e. The zero-order chi connectivity index (χ0) is 21.1. The number of carbonyl (C=O) groups is 2. The summed E-state index contributed by atoms with van der Waals surface area (Å²) in [7, 11) is 0. The highest BCUT2D eigenvalue weighted by atomic mass is 35.5. The van der Waals surface area contributed by atoms with Gasteiger partial charge in [-0.25, -0.2) is 0 Å². The summed E-state index contributed by atoms with van der Waals surface area (Å²) in [5, 5.41) is 3.82. The lowest BCUT2D eigenvalue weighted by atomic mass is 9.91. The number of aromatic nitrogens is 1. The number of pyridine rings is 1. The monoisotopic (exact) mass is 427 g/mol. The van der Waals surface area contributed by atoms with Crippen molar-refractivity contribution >= 4 is 23.4 Å². The number of hydrogen-bond acceptors (Lipinski definition) is 3. The van der Waals surface area contributed by atoms with Crippen LogP contribution in [0.1, 0.15) is 24.8 Å². The van der Waals surface area contributed by atoms with Gasteiger partial charge in [-0.05, 0) is 54.9 Å². The highest BCUT2D eigenvalue weighted by Gasteiger charge is 2.43. The molecule has 1 saturated carbocycles. The van der Waals surface area contributed by atoms with Crippen LogP contribution < -0.4 is 10.9 Å². The summed E-state index contributed by atoms with van der Waals surface area (Å²) < 4.78 is 1.41. The van der Waals surface area contributed by atoms with Crippen molar-refractivity contribution in [3.8, 4) is 0 Å². The third kappa shape index (κ3) is 4.75. The van der Waals surface area contributed by atoms with Gasteiger partial charge in [-0.15, -0.1) is 0 Å². The first kappa shape index (κ1) is 20.7. The minimum atomic E-state index is -0.184. The minimum Gasteiger partial charge on any atom is -0.351 e. The van der Waals surface area contributed by atoms with Crippen molar-refractivity contribution in [3.63, 3.8) is 0 Å². The highest BCUT2D eigenvalue weighted by molar-refractivity contribution is 6.30. The molecule has 2 bridgehead atoms. The summed E-state index contributed by atoms with van der Waals surface area (Å²) >= 11 is 6.02. The Morgan fingerprint density at radius 1 is 1.07 bits per heavy atom. The van der Waals surface area contributed by atoms with Crippen LogP contribution in [0.2, 0.25) is 5.02 Å². The predicted molar refractivity (Wildman–Crippen MR) is 115 cm³/mol. The van der Waals surface area contributed by atoms with Crippen LogP contribution in [0.5, 0.6) is 0 Å². The highest BCUT2D eigenvalue weighted by Crippen LogP contribution is 2.37. The molecule has 1 N–H and O–H groups in total. The van der Waals surface area contributed by atoms with Crippen LogP contribution in [0.25, 0.3) is 0 Å². The van der Waals surface area contributed by atoms with E-state index in [0.29, 0.717) is 31.0 Å². The van der Waals surface area contributed by atoms with Crippen LogP contribution in [0.3, 0.4) is 0 Å². The number of rotatable bonds is 6. The van der Waals surface area contributed by atoms with E-state index in [1.54, 1.807) is 18.3 Å². The van der Waals surface area contributed by atoms with E-state index >= 15 is 0 Å². The van der Waals surface area contributed by atoms with E-state index in [1.807, 2.05) is 29.2 Å². The molecule has 2 fully saturated rings. The lowest BCUT2D eigenvalue weighted by Gasteiger charge is -2.38. The molecule has 1 unspecified atom stereocenters. The molecule has 158 valence electrons. The van der Waals surface area contributed by atoms with Crippen molar-refractivity contribution in [3.05, 3.63) is 69.6 Å². The Kier molecular flexibility index (Phi) is 6.23. The van der Waals surface area contributed by atoms with Gasteiger partial charge in [0.05, 0.1) is 0 Å². The molecule has 4 rings (SSSR count). The quantitative estimate of drug-likeness (QED) is 0.769. The van der Waals surface area contributed by atoms with Gasteiger partial charge in [-0.2, -0.15) is 0 Å². The summed E-state index contributed by atoms with van der Waals surface area (Å²) in [5.41, 5.74) is 0.882. The van der Waals surface area contributed by atoms with Crippen molar-refractivity contribution in [1.82, 2.24) is 14.8 Å². The number of carbonyl (C=O) groups excluding carboxylic acids is 2. The Hall–Kier alpha value is -2.60. The third-order valence-corrected chi connectivity index (χ3v) is 6.48. The number of likely N-dealkylation sites (tertiary alicyclic amines) is 1. The molecular formula is C23H26ClN3O3. The molecule has 1 aromatic carbocycles. The van der Waals surface area contributed by atoms with E-state index in [1.165, 1.54) is 10.6 Å². The molecule has 7 heteroatoms. The van der Waals surface area contributed by atoms with E-state index in [0.717, 1.165) is 18.4 Å². The second kappa shape index (κ2) is 9.04. The van der Waals surface area contributed by atoms with Crippen molar-refractivity contribution in [2.45, 2.75) is 38.3 Å². The lowest BCUT2D eigenvalue weighted by molar-refractivity contribution is -0.134. The van der Waals surface area contributed by atoms with Crippen molar-refractivity contribution < 1.29 is 9.59 Å². The number of benzene rings is 1. The zero-order valence-corrected chi connectivity index (χ0v) is 17.6. The normalized spacial score (nSPS) is 22.7. The predicted octanol–water partition coefficient (Wildman–Crippen LogP) is 2.49. The van der Waals surface area contributed by atoms with Crippen molar-refractivity contribution in [1.29, 1.82) is 0 Å². The number of nitrogens with zero attached hydrogens (tertiary/aromatic N) is 2. The Morgan fingerprint density at radius 2 is 1.83 bits per heavy atom. The zero-order valence-electron chi connectivity index (χ0n) is 16.8. The van der Waals surface area contributed by atoms with Crippen LogP contribution in [-0.2, 0) is 22.6 Å². The molecular weight excluding hydrogens is 402 g/mol. The maximum atomic E-state index is 12.8. The van der Waals surface area contributed by atoms with Gasteiger partial charge in [0.15, 0.2) is 0 Å². The van der Waals surface area contributed by atoms with Crippen molar-refractivity contribution in [2.24, 2.45) is 11.8 Å². The first-order valence-electron chi connectivity index (χ1n) is 10.5. The van der Waals surface area contributed by atoms with Crippen LogP contribution in [-0.4, -0.2) is 40.4 Å². The van der Waals surface area contributed by atoms with Crippen LogP contribution >= 0.6 is 11.6 Å². The largest absolute Gasteiger partial charge is 0.351 e. The fourth-order valence-corrected chi connectivity index (χ4v) is 4.95. The number of piperidine rings is 1. The number of nitrogens with one attached hydrogen (secondary N) is 1. The average Bonchev–Trinajstić information content (AvgIpc) is 2.95. The van der Waals surface area contributed by atoms with Gasteiger partial charge >= 0.3 is 0 Å². The number of aryl methyl sites for hydroxylation is 1. The van der Waals surface area contributed by atoms with Crippen LogP contribution in [0, 0.1) is 11.8 Å².